The van der Waals surface area contributed by atoms with Crippen LogP contribution in [-0.4, -0.2) is 60.5 Å². The topological polar surface area (TPSA) is 75.8 Å². The van der Waals surface area contributed by atoms with Crippen LogP contribution in [-0.2, 0) is 9.53 Å². The molecule has 1 amide bonds. The van der Waals surface area contributed by atoms with Crippen molar-refractivity contribution in [1.29, 1.82) is 0 Å². The molecule has 0 aromatic rings. The largest absolute Gasteiger partial charge is 0.415 e. The van der Waals surface area contributed by atoms with Crippen molar-refractivity contribution in [3.8, 4) is 0 Å². The van der Waals surface area contributed by atoms with Gasteiger partial charge in [-0.15, -0.1) is 0 Å². The second-order valence-corrected chi connectivity index (χ2v) is 3.58. The van der Waals surface area contributed by atoms with Gasteiger partial charge in [0, 0.05) is 19.6 Å². The fourth-order valence-electron chi connectivity index (χ4n) is 1.39. The normalized spacial score (nSPS) is 25.4. The Hall–Kier alpha value is -0.860. The van der Waals surface area contributed by atoms with Gasteiger partial charge < -0.3 is 15.6 Å². The van der Waals surface area contributed by atoms with Crippen LogP contribution >= 0.6 is 0 Å². The number of primary amides is 1. The molecule has 94 valence electrons. The second-order valence-electron chi connectivity index (χ2n) is 3.58. The zero-order valence-corrected chi connectivity index (χ0v) is 8.41. The lowest BCUT2D eigenvalue weighted by atomic mass is 10.2. The summed E-state index contributed by atoms with van der Waals surface area (Å²) in [6.07, 6.45) is -7.98. The molecule has 1 saturated heterocycles. The zero-order valence-electron chi connectivity index (χ0n) is 8.41. The Labute approximate surface area is 90.0 Å². The molecule has 5 nitrogen and oxygen atoms in total. The highest BCUT2D eigenvalue weighted by atomic mass is 19.4. The summed E-state index contributed by atoms with van der Waals surface area (Å²) in [6.45, 7) is -0.242. The van der Waals surface area contributed by atoms with Crippen molar-refractivity contribution in [3.05, 3.63) is 0 Å². The summed E-state index contributed by atoms with van der Waals surface area (Å²) in [4.78, 5) is 12.1. The molecular formula is C8H13F3N2O3. The minimum Gasteiger partial charge on any atom is -0.382 e. The molecule has 0 aromatic heterocycles. The molecule has 1 rings (SSSR count). The van der Waals surface area contributed by atoms with Gasteiger partial charge in [0.05, 0.1) is 6.61 Å². The number of halogens is 3. The fraction of sp³-hybridized carbons (Fsp3) is 0.875. The highest BCUT2D eigenvalue weighted by molar-refractivity contribution is 5.79. The van der Waals surface area contributed by atoms with Crippen LogP contribution in [0.2, 0.25) is 0 Å². The number of aliphatic hydroxyl groups excluding tert-OH is 1. The first-order valence-electron chi connectivity index (χ1n) is 4.68. The Kier molecular flexibility index (Phi) is 4.11. The maximum atomic E-state index is 12.1. The van der Waals surface area contributed by atoms with Crippen LogP contribution in [0, 0.1) is 0 Å². The van der Waals surface area contributed by atoms with Crippen molar-refractivity contribution in [2.75, 3.05) is 26.2 Å². The summed E-state index contributed by atoms with van der Waals surface area (Å²) in [7, 11) is 0. The molecule has 2 unspecified atom stereocenters. The van der Waals surface area contributed by atoms with Crippen molar-refractivity contribution in [2.24, 2.45) is 5.73 Å². The van der Waals surface area contributed by atoms with Gasteiger partial charge in [0.15, 0.2) is 6.10 Å². The van der Waals surface area contributed by atoms with E-state index in [0.717, 1.165) is 0 Å². The number of aliphatic hydroxyl groups is 1. The average Bonchev–Trinajstić information content (AvgIpc) is 2.16. The number of morpholine rings is 1. The average molecular weight is 242 g/mol. The van der Waals surface area contributed by atoms with E-state index in [0.29, 0.717) is 0 Å². The van der Waals surface area contributed by atoms with E-state index >= 15 is 0 Å². The number of nitrogens with zero attached hydrogens (tertiary/aromatic N) is 1. The molecule has 16 heavy (non-hydrogen) atoms. The van der Waals surface area contributed by atoms with Crippen LogP contribution in [0.25, 0.3) is 0 Å². The third-order valence-electron chi connectivity index (χ3n) is 2.28. The third-order valence-corrected chi connectivity index (χ3v) is 2.28. The standard InChI is InChI=1S/C8H13F3N2O3/c9-8(10,11)6(14)4-13-1-2-16-5(3-13)7(12)15/h5-6,14H,1-4H2,(H2,12,15). The fourth-order valence-corrected chi connectivity index (χ4v) is 1.39. The Bertz CT molecular complexity index is 259. The van der Waals surface area contributed by atoms with Gasteiger partial charge in [-0.2, -0.15) is 13.2 Å². The molecule has 0 bridgehead atoms. The highest BCUT2D eigenvalue weighted by Gasteiger charge is 2.40. The van der Waals surface area contributed by atoms with E-state index < -0.39 is 30.8 Å². The quantitative estimate of drug-likeness (QED) is 0.672. The van der Waals surface area contributed by atoms with Crippen molar-refractivity contribution in [3.63, 3.8) is 0 Å². The van der Waals surface area contributed by atoms with Crippen LogP contribution in [0.3, 0.4) is 0 Å². The van der Waals surface area contributed by atoms with Crippen LogP contribution in [0.15, 0.2) is 0 Å². The smallest absolute Gasteiger partial charge is 0.382 e. The van der Waals surface area contributed by atoms with E-state index in [2.05, 4.69) is 0 Å². The Balaban J connectivity index is 2.46. The lowest BCUT2D eigenvalue weighted by Gasteiger charge is -2.32. The number of alkyl halides is 3. The van der Waals surface area contributed by atoms with Gasteiger partial charge in [-0.05, 0) is 0 Å². The van der Waals surface area contributed by atoms with Gasteiger partial charge in [0.2, 0.25) is 5.91 Å². The van der Waals surface area contributed by atoms with E-state index in [1.54, 1.807) is 0 Å². The summed E-state index contributed by atoms with van der Waals surface area (Å²) in [5.74, 6) is -0.716. The summed E-state index contributed by atoms with van der Waals surface area (Å²) < 4.78 is 41.1. The molecular weight excluding hydrogens is 229 g/mol. The Morgan fingerprint density at radius 1 is 1.62 bits per heavy atom. The molecule has 0 spiro atoms. The first-order chi connectivity index (χ1) is 7.30. The molecule has 0 aliphatic carbocycles. The molecule has 0 aromatic carbocycles. The minimum atomic E-state index is -4.65. The first kappa shape index (κ1) is 13.2. The van der Waals surface area contributed by atoms with Crippen molar-refractivity contribution in [2.45, 2.75) is 18.4 Å². The number of carbonyl (C=O) groups excluding carboxylic acids is 1. The maximum Gasteiger partial charge on any atom is 0.415 e. The zero-order chi connectivity index (χ0) is 12.3. The lowest BCUT2D eigenvalue weighted by Crippen LogP contribution is -2.52. The van der Waals surface area contributed by atoms with E-state index in [-0.39, 0.29) is 19.7 Å². The maximum absolute atomic E-state index is 12.1. The monoisotopic (exact) mass is 242 g/mol. The molecule has 1 aliphatic rings. The van der Waals surface area contributed by atoms with Crippen LogP contribution in [0.4, 0.5) is 13.2 Å². The van der Waals surface area contributed by atoms with Gasteiger partial charge in [-0.1, -0.05) is 0 Å². The van der Waals surface area contributed by atoms with E-state index in [9.17, 15) is 18.0 Å². The molecule has 1 heterocycles. The molecule has 3 N–H and O–H groups in total. The van der Waals surface area contributed by atoms with Crippen molar-refractivity contribution < 1.29 is 27.8 Å². The number of ether oxygens (including phenoxy) is 1. The number of nitrogens with two attached hydrogens (primary N) is 1. The predicted octanol–water partition coefficient (Wildman–Crippen LogP) is -0.904. The first-order valence-corrected chi connectivity index (χ1v) is 4.68. The van der Waals surface area contributed by atoms with Crippen molar-refractivity contribution >= 4 is 5.91 Å². The number of hydrogen-bond donors (Lipinski definition) is 2. The number of hydrogen-bond acceptors (Lipinski definition) is 4. The molecule has 0 saturated carbocycles. The number of rotatable bonds is 3. The van der Waals surface area contributed by atoms with E-state index in [4.69, 9.17) is 15.6 Å². The second kappa shape index (κ2) is 4.98. The van der Waals surface area contributed by atoms with E-state index in [1.807, 2.05) is 0 Å². The summed E-state index contributed by atoms with van der Waals surface area (Å²) >= 11 is 0. The van der Waals surface area contributed by atoms with E-state index in [1.165, 1.54) is 4.90 Å². The summed E-state index contributed by atoms with van der Waals surface area (Å²) in [5, 5.41) is 8.84. The third kappa shape index (κ3) is 3.62. The molecule has 1 fully saturated rings. The Morgan fingerprint density at radius 3 is 2.75 bits per heavy atom. The summed E-state index contributed by atoms with van der Waals surface area (Å²) in [5.41, 5.74) is 4.97. The summed E-state index contributed by atoms with van der Waals surface area (Å²) in [6, 6.07) is 0. The molecule has 8 heteroatoms. The van der Waals surface area contributed by atoms with Gasteiger partial charge in [0.1, 0.15) is 6.10 Å². The predicted molar refractivity (Wildman–Crippen MR) is 47.4 cm³/mol. The van der Waals surface area contributed by atoms with Gasteiger partial charge >= 0.3 is 6.18 Å². The number of carbonyl (C=O) groups is 1. The lowest BCUT2D eigenvalue weighted by molar-refractivity contribution is -0.211. The van der Waals surface area contributed by atoms with Crippen molar-refractivity contribution in [1.82, 2.24) is 4.90 Å². The highest BCUT2D eigenvalue weighted by Crippen LogP contribution is 2.21. The minimum absolute atomic E-state index is 0.0253. The molecule has 2 atom stereocenters. The SMILES string of the molecule is NC(=O)C1CN(CC(O)C(F)(F)F)CCO1. The van der Waals surface area contributed by atoms with Gasteiger partial charge in [0.25, 0.3) is 0 Å². The number of amides is 1. The molecule has 1 aliphatic heterocycles. The van der Waals surface area contributed by atoms with Gasteiger partial charge in [-0.3, -0.25) is 9.69 Å². The van der Waals surface area contributed by atoms with Crippen LogP contribution in [0.1, 0.15) is 0 Å². The van der Waals surface area contributed by atoms with Crippen LogP contribution < -0.4 is 5.73 Å². The molecule has 0 radical (unpaired) electrons. The van der Waals surface area contributed by atoms with Gasteiger partial charge in [-0.25, -0.2) is 0 Å². The number of β-amino-alcohol motifs (C(OH)–C–C–N with tert-alkyl or cyclic N) is 1. The Morgan fingerprint density at radius 2 is 2.25 bits per heavy atom. The van der Waals surface area contributed by atoms with Crippen LogP contribution in [0.5, 0.6) is 0 Å².